The Kier molecular flexibility index (Phi) is 4.85. The lowest BCUT2D eigenvalue weighted by atomic mass is 9.95. The number of carbonyl (C=O) groups is 1. The van der Waals surface area contributed by atoms with Crippen LogP contribution in [0.5, 0.6) is 0 Å². The van der Waals surface area contributed by atoms with Crippen molar-refractivity contribution in [3.63, 3.8) is 0 Å². The van der Waals surface area contributed by atoms with Crippen LogP contribution in [0.25, 0.3) is 11.5 Å². The van der Waals surface area contributed by atoms with E-state index in [1.807, 2.05) is 18.2 Å². The fraction of sp³-hybridized carbons (Fsp3) is 0.286. The minimum atomic E-state index is -0.00137. The molecule has 1 aliphatic heterocycles. The number of nitrogens with zero attached hydrogens (tertiary/aromatic N) is 5. The van der Waals surface area contributed by atoms with E-state index < -0.39 is 0 Å². The first-order chi connectivity index (χ1) is 13.7. The average Bonchev–Trinajstić information content (AvgIpc) is 3.24. The van der Waals surface area contributed by atoms with E-state index in [0.29, 0.717) is 28.5 Å². The number of benzene rings is 1. The molecule has 140 valence electrons. The lowest BCUT2D eigenvalue weighted by Gasteiger charge is -2.33. The summed E-state index contributed by atoms with van der Waals surface area (Å²) in [7, 11) is 0. The maximum absolute atomic E-state index is 12.0. The van der Waals surface area contributed by atoms with Crippen molar-refractivity contribution in [2.45, 2.75) is 25.7 Å². The van der Waals surface area contributed by atoms with Crippen molar-refractivity contribution in [1.29, 1.82) is 5.26 Å². The topological polar surface area (TPSA) is 95.9 Å². The number of hydrogen-bond donors (Lipinski definition) is 0. The van der Waals surface area contributed by atoms with Crippen LogP contribution >= 0.6 is 0 Å². The van der Waals surface area contributed by atoms with E-state index in [4.69, 9.17) is 4.52 Å². The quantitative estimate of drug-likeness (QED) is 0.645. The van der Waals surface area contributed by atoms with Gasteiger partial charge in [0.1, 0.15) is 5.69 Å². The minimum Gasteiger partial charge on any atom is -0.371 e. The van der Waals surface area contributed by atoms with Crippen molar-refractivity contribution in [2.24, 2.45) is 0 Å². The highest BCUT2D eigenvalue weighted by Gasteiger charge is 2.27. The molecular formula is C21H19N5O2. The second-order valence-electron chi connectivity index (χ2n) is 6.83. The zero-order valence-corrected chi connectivity index (χ0v) is 15.5. The summed E-state index contributed by atoms with van der Waals surface area (Å²) in [4.78, 5) is 22.9. The van der Waals surface area contributed by atoms with Crippen LogP contribution in [0, 0.1) is 11.3 Å². The smallest absolute Gasteiger partial charge is 0.230 e. The zero-order chi connectivity index (χ0) is 19.5. The van der Waals surface area contributed by atoms with Crippen molar-refractivity contribution in [3.8, 4) is 17.6 Å². The maximum atomic E-state index is 12.0. The molecule has 3 heterocycles. The molecule has 0 spiro atoms. The molecule has 2 aromatic heterocycles. The predicted octanol–water partition coefficient (Wildman–Crippen LogP) is 3.59. The van der Waals surface area contributed by atoms with Crippen LogP contribution in [0.2, 0.25) is 0 Å². The largest absolute Gasteiger partial charge is 0.371 e. The van der Waals surface area contributed by atoms with Crippen LogP contribution in [-0.2, 0) is 0 Å². The fourth-order valence-corrected chi connectivity index (χ4v) is 3.53. The molecule has 0 N–H and O–H groups in total. The number of nitriles is 1. The molecule has 0 amide bonds. The Morgan fingerprint density at radius 3 is 2.75 bits per heavy atom. The minimum absolute atomic E-state index is 0.00137. The van der Waals surface area contributed by atoms with Crippen molar-refractivity contribution >= 4 is 11.5 Å². The number of ketones is 1. The summed E-state index contributed by atoms with van der Waals surface area (Å²) in [6.07, 6.45) is 3.36. The first-order valence-corrected chi connectivity index (χ1v) is 9.20. The van der Waals surface area contributed by atoms with E-state index in [1.54, 1.807) is 31.3 Å². The molecule has 0 aliphatic carbocycles. The van der Waals surface area contributed by atoms with E-state index in [9.17, 15) is 10.1 Å². The van der Waals surface area contributed by atoms with Crippen LogP contribution in [0.3, 0.4) is 0 Å². The first kappa shape index (κ1) is 17.9. The number of carbonyl (C=O) groups excluding carboxylic acids is 1. The third-order valence-electron chi connectivity index (χ3n) is 5.03. The Balaban J connectivity index is 1.49. The standard InChI is InChI=1S/C21H19N5O2/c1-14(27)17-6-5-15(13-22)12-19(17)26-10-7-16(8-11-26)21-24-20(25-28-21)18-4-2-3-9-23-18/h2-6,9,12,16H,7-8,10-11H2,1H3. The summed E-state index contributed by atoms with van der Waals surface area (Å²) >= 11 is 0. The van der Waals surface area contributed by atoms with E-state index in [2.05, 4.69) is 26.1 Å². The van der Waals surface area contributed by atoms with Crippen molar-refractivity contribution < 1.29 is 9.32 Å². The Labute approximate surface area is 162 Å². The highest BCUT2D eigenvalue weighted by atomic mass is 16.5. The Hall–Kier alpha value is -3.53. The van der Waals surface area contributed by atoms with Gasteiger partial charge in [0, 0.05) is 36.5 Å². The Bertz CT molecular complexity index is 1030. The lowest BCUT2D eigenvalue weighted by molar-refractivity contribution is 0.101. The molecule has 28 heavy (non-hydrogen) atoms. The number of piperidine rings is 1. The van der Waals surface area contributed by atoms with Crippen LogP contribution in [0.1, 0.15) is 47.5 Å². The SMILES string of the molecule is CC(=O)c1ccc(C#N)cc1N1CCC(c2nc(-c3ccccn3)no2)CC1. The zero-order valence-electron chi connectivity index (χ0n) is 15.5. The summed E-state index contributed by atoms with van der Waals surface area (Å²) in [5.41, 5.74) is 2.71. The van der Waals surface area contributed by atoms with Gasteiger partial charge in [0.2, 0.25) is 11.7 Å². The molecular weight excluding hydrogens is 354 g/mol. The van der Waals surface area contributed by atoms with E-state index in [1.165, 1.54) is 0 Å². The molecule has 1 aromatic carbocycles. The molecule has 1 saturated heterocycles. The number of hydrogen-bond acceptors (Lipinski definition) is 7. The number of rotatable bonds is 4. The molecule has 1 fully saturated rings. The van der Waals surface area contributed by atoms with Gasteiger partial charge in [0.25, 0.3) is 0 Å². The van der Waals surface area contributed by atoms with Gasteiger partial charge in [-0.25, -0.2) is 0 Å². The van der Waals surface area contributed by atoms with Gasteiger partial charge < -0.3 is 9.42 Å². The summed E-state index contributed by atoms with van der Waals surface area (Å²) in [5.74, 6) is 1.29. The number of Topliss-reactive ketones (excluding diaryl/α,β-unsaturated/α-hetero) is 1. The van der Waals surface area contributed by atoms with Gasteiger partial charge in [-0.15, -0.1) is 0 Å². The molecule has 1 aliphatic rings. The maximum Gasteiger partial charge on any atom is 0.230 e. The van der Waals surface area contributed by atoms with Gasteiger partial charge in [-0.05, 0) is 50.1 Å². The third kappa shape index (κ3) is 3.49. The van der Waals surface area contributed by atoms with Crippen LogP contribution in [0.15, 0.2) is 47.1 Å². The van der Waals surface area contributed by atoms with Gasteiger partial charge >= 0.3 is 0 Å². The number of aromatic nitrogens is 3. The highest BCUT2D eigenvalue weighted by molar-refractivity contribution is 6.00. The molecule has 0 atom stereocenters. The summed E-state index contributed by atoms with van der Waals surface area (Å²) in [6, 6.07) is 12.9. The lowest BCUT2D eigenvalue weighted by Crippen LogP contribution is -2.34. The molecule has 7 heteroatoms. The third-order valence-corrected chi connectivity index (χ3v) is 5.03. The van der Waals surface area contributed by atoms with Gasteiger partial charge in [-0.1, -0.05) is 11.2 Å². The van der Waals surface area contributed by atoms with Gasteiger partial charge in [-0.3, -0.25) is 9.78 Å². The van der Waals surface area contributed by atoms with Gasteiger partial charge in [0.15, 0.2) is 5.78 Å². The predicted molar refractivity (Wildman–Crippen MR) is 103 cm³/mol. The van der Waals surface area contributed by atoms with Gasteiger partial charge in [0.05, 0.1) is 11.6 Å². The monoisotopic (exact) mass is 373 g/mol. The Morgan fingerprint density at radius 1 is 1.25 bits per heavy atom. The van der Waals surface area contributed by atoms with Crippen LogP contribution in [-0.4, -0.2) is 34.0 Å². The molecule has 0 unspecified atom stereocenters. The van der Waals surface area contributed by atoms with Crippen LogP contribution < -0.4 is 4.90 Å². The van der Waals surface area contributed by atoms with Crippen molar-refractivity contribution in [1.82, 2.24) is 15.1 Å². The Morgan fingerprint density at radius 2 is 2.07 bits per heavy atom. The average molecular weight is 373 g/mol. The second-order valence-corrected chi connectivity index (χ2v) is 6.83. The second kappa shape index (κ2) is 7.61. The fourth-order valence-electron chi connectivity index (χ4n) is 3.53. The van der Waals surface area contributed by atoms with E-state index in [0.717, 1.165) is 31.6 Å². The molecule has 0 saturated carbocycles. The van der Waals surface area contributed by atoms with E-state index >= 15 is 0 Å². The molecule has 4 rings (SSSR count). The van der Waals surface area contributed by atoms with Crippen molar-refractivity contribution in [3.05, 3.63) is 59.6 Å². The molecule has 0 radical (unpaired) electrons. The normalized spacial score (nSPS) is 14.6. The summed E-state index contributed by atoms with van der Waals surface area (Å²) in [6.45, 7) is 3.05. The molecule has 7 nitrogen and oxygen atoms in total. The van der Waals surface area contributed by atoms with Crippen LogP contribution in [0.4, 0.5) is 5.69 Å². The first-order valence-electron chi connectivity index (χ1n) is 9.20. The summed E-state index contributed by atoms with van der Waals surface area (Å²) < 4.78 is 5.48. The number of pyridine rings is 1. The number of anilines is 1. The molecule has 3 aromatic rings. The van der Waals surface area contributed by atoms with Crippen molar-refractivity contribution in [2.75, 3.05) is 18.0 Å². The van der Waals surface area contributed by atoms with E-state index in [-0.39, 0.29) is 11.7 Å². The molecule has 0 bridgehead atoms. The summed E-state index contributed by atoms with van der Waals surface area (Å²) in [5, 5.41) is 13.2. The van der Waals surface area contributed by atoms with Gasteiger partial charge in [-0.2, -0.15) is 10.2 Å². The highest BCUT2D eigenvalue weighted by Crippen LogP contribution is 2.32.